The lowest BCUT2D eigenvalue weighted by atomic mass is 10.2. The van der Waals surface area contributed by atoms with Crippen LogP contribution in [0.15, 0.2) is 35.4 Å². The first-order chi connectivity index (χ1) is 9.51. The molecule has 1 aromatic heterocycles. The van der Waals surface area contributed by atoms with Gasteiger partial charge in [0.05, 0.1) is 9.90 Å². The van der Waals surface area contributed by atoms with Crippen LogP contribution in [0, 0.1) is 6.92 Å². The van der Waals surface area contributed by atoms with E-state index in [2.05, 4.69) is 15.0 Å². The molecule has 0 amide bonds. The highest BCUT2D eigenvalue weighted by Crippen LogP contribution is 2.14. The van der Waals surface area contributed by atoms with Crippen molar-refractivity contribution in [2.45, 2.75) is 24.9 Å². The highest BCUT2D eigenvalue weighted by atomic mass is 32.2. The summed E-state index contributed by atoms with van der Waals surface area (Å²) in [6, 6.07) is 6.91. The first-order valence-corrected chi connectivity index (χ1v) is 8.46. The van der Waals surface area contributed by atoms with E-state index < -0.39 is 10.0 Å². The number of aryl methyl sites for hydroxylation is 1. The van der Waals surface area contributed by atoms with Crippen molar-refractivity contribution >= 4 is 21.4 Å². The van der Waals surface area contributed by atoms with E-state index in [4.69, 9.17) is 0 Å². The van der Waals surface area contributed by atoms with Crippen LogP contribution in [0.4, 0.5) is 0 Å². The number of aromatic nitrogens is 1. The molecule has 108 valence electrons. The number of rotatable bonds is 6. The largest absolute Gasteiger partial charge is 0.316 e. The van der Waals surface area contributed by atoms with Crippen LogP contribution < -0.4 is 10.0 Å². The molecule has 0 aliphatic carbocycles. The Morgan fingerprint density at radius 3 is 2.75 bits per heavy atom. The minimum Gasteiger partial charge on any atom is -0.316 e. The molecule has 0 saturated carbocycles. The molecule has 0 atom stereocenters. The molecule has 2 N–H and O–H groups in total. The molecule has 0 spiro atoms. The van der Waals surface area contributed by atoms with E-state index in [1.165, 1.54) is 11.3 Å². The van der Waals surface area contributed by atoms with Gasteiger partial charge < -0.3 is 5.32 Å². The summed E-state index contributed by atoms with van der Waals surface area (Å²) in [5.74, 6) is 0. The van der Waals surface area contributed by atoms with E-state index >= 15 is 0 Å². The molecule has 5 nitrogen and oxygen atoms in total. The Morgan fingerprint density at radius 2 is 2.10 bits per heavy atom. The Kier molecular flexibility index (Phi) is 4.87. The van der Waals surface area contributed by atoms with Gasteiger partial charge >= 0.3 is 0 Å². The standard InChI is InChI=1S/C13H17N3O2S2/c1-10-15-8-12(19-10)9-16-20(17,18)13-5-3-4-11(6-13)7-14-2/h3-6,8,14,16H,7,9H2,1-2H3. The predicted octanol–water partition coefficient (Wildman–Crippen LogP) is 1.65. The van der Waals surface area contributed by atoms with Crippen LogP contribution in [0.3, 0.4) is 0 Å². The zero-order valence-electron chi connectivity index (χ0n) is 11.4. The van der Waals surface area contributed by atoms with Gasteiger partial charge in [-0.3, -0.25) is 0 Å². The molecule has 2 rings (SSSR count). The summed E-state index contributed by atoms with van der Waals surface area (Å²) in [7, 11) is -1.66. The van der Waals surface area contributed by atoms with E-state index in [-0.39, 0.29) is 11.4 Å². The van der Waals surface area contributed by atoms with E-state index in [1.54, 1.807) is 24.4 Å². The van der Waals surface area contributed by atoms with Gasteiger partial charge in [0, 0.05) is 24.2 Å². The van der Waals surface area contributed by atoms with Crippen molar-refractivity contribution < 1.29 is 8.42 Å². The van der Waals surface area contributed by atoms with Crippen LogP contribution in [0.5, 0.6) is 0 Å². The Morgan fingerprint density at radius 1 is 1.30 bits per heavy atom. The third-order valence-corrected chi connectivity index (χ3v) is 5.01. The molecule has 0 saturated heterocycles. The van der Waals surface area contributed by atoms with Gasteiger partial charge in [0.25, 0.3) is 0 Å². The van der Waals surface area contributed by atoms with Crippen molar-refractivity contribution in [2.24, 2.45) is 0 Å². The van der Waals surface area contributed by atoms with Crippen LogP contribution >= 0.6 is 11.3 Å². The van der Waals surface area contributed by atoms with Crippen molar-refractivity contribution in [1.82, 2.24) is 15.0 Å². The molecule has 1 aromatic carbocycles. The molecular formula is C13H17N3O2S2. The summed E-state index contributed by atoms with van der Waals surface area (Å²) >= 11 is 1.49. The van der Waals surface area contributed by atoms with Gasteiger partial charge in [-0.15, -0.1) is 11.3 Å². The van der Waals surface area contributed by atoms with Crippen LogP contribution in [-0.4, -0.2) is 20.4 Å². The second-order valence-electron chi connectivity index (χ2n) is 4.35. The van der Waals surface area contributed by atoms with Crippen molar-refractivity contribution in [1.29, 1.82) is 0 Å². The molecular weight excluding hydrogens is 294 g/mol. The van der Waals surface area contributed by atoms with Crippen LogP contribution in [0.1, 0.15) is 15.4 Å². The van der Waals surface area contributed by atoms with Gasteiger partial charge in [-0.05, 0) is 31.7 Å². The summed E-state index contributed by atoms with van der Waals surface area (Å²) in [6.45, 7) is 2.80. The first-order valence-electron chi connectivity index (χ1n) is 6.16. The van der Waals surface area contributed by atoms with Gasteiger partial charge in [0.2, 0.25) is 10.0 Å². The predicted molar refractivity (Wildman–Crippen MR) is 80.1 cm³/mol. The highest BCUT2D eigenvalue weighted by molar-refractivity contribution is 7.89. The Hall–Kier alpha value is -1.28. The third kappa shape index (κ3) is 3.86. The van der Waals surface area contributed by atoms with Gasteiger partial charge in [-0.25, -0.2) is 18.1 Å². The molecule has 0 bridgehead atoms. The lowest BCUT2D eigenvalue weighted by Crippen LogP contribution is -2.23. The summed E-state index contributed by atoms with van der Waals surface area (Å²) in [4.78, 5) is 5.29. The fourth-order valence-corrected chi connectivity index (χ4v) is 3.67. The van der Waals surface area contributed by atoms with Gasteiger partial charge in [-0.1, -0.05) is 12.1 Å². The zero-order valence-corrected chi connectivity index (χ0v) is 13.0. The summed E-state index contributed by atoms with van der Waals surface area (Å²) in [6.07, 6.45) is 1.69. The van der Waals surface area contributed by atoms with Crippen molar-refractivity contribution in [3.05, 3.63) is 45.9 Å². The Bertz CT molecular complexity index is 680. The number of thiazole rings is 1. The van der Waals surface area contributed by atoms with Crippen molar-refractivity contribution in [3.8, 4) is 0 Å². The van der Waals surface area contributed by atoms with Crippen molar-refractivity contribution in [3.63, 3.8) is 0 Å². The molecule has 7 heteroatoms. The number of benzene rings is 1. The number of hydrogen-bond acceptors (Lipinski definition) is 5. The monoisotopic (exact) mass is 311 g/mol. The van der Waals surface area contributed by atoms with Crippen LogP contribution in [0.2, 0.25) is 0 Å². The van der Waals surface area contributed by atoms with Gasteiger partial charge in [0.1, 0.15) is 0 Å². The molecule has 20 heavy (non-hydrogen) atoms. The lowest BCUT2D eigenvalue weighted by Gasteiger charge is -2.07. The van der Waals surface area contributed by atoms with E-state index in [0.717, 1.165) is 15.4 Å². The maximum Gasteiger partial charge on any atom is 0.240 e. The molecule has 0 fully saturated rings. The molecule has 0 unspecified atom stereocenters. The average molecular weight is 311 g/mol. The molecule has 2 aromatic rings. The summed E-state index contributed by atoms with van der Waals surface area (Å²) in [5.41, 5.74) is 0.934. The quantitative estimate of drug-likeness (QED) is 0.851. The SMILES string of the molecule is CNCc1cccc(S(=O)(=O)NCc2cnc(C)s2)c1. The number of nitrogens with zero attached hydrogens (tertiary/aromatic N) is 1. The smallest absolute Gasteiger partial charge is 0.240 e. The number of hydrogen-bond donors (Lipinski definition) is 2. The van der Waals surface area contributed by atoms with E-state index in [9.17, 15) is 8.42 Å². The minimum atomic E-state index is -3.49. The second kappa shape index (κ2) is 6.45. The normalized spacial score (nSPS) is 11.7. The fourth-order valence-electron chi connectivity index (χ4n) is 1.76. The zero-order chi connectivity index (χ0) is 14.6. The summed E-state index contributed by atoms with van der Waals surface area (Å²) < 4.78 is 27.0. The minimum absolute atomic E-state index is 0.268. The molecule has 0 aliphatic rings. The second-order valence-corrected chi connectivity index (χ2v) is 7.43. The molecule has 1 heterocycles. The maximum atomic E-state index is 12.2. The fraction of sp³-hybridized carbons (Fsp3) is 0.308. The maximum absolute atomic E-state index is 12.2. The molecule has 0 radical (unpaired) electrons. The number of nitrogens with one attached hydrogen (secondary N) is 2. The van der Waals surface area contributed by atoms with Crippen LogP contribution in [0.25, 0.3) is 0 Å². The topological polar surface area (TPSA) is 71.1 Å². The van der Waals surface area contributed by atoms with Gasteiger partial charge in [0.15, 0.2) is 0 Å². The van der Waals surface area contributed by atoms with Crippen LogP contribution in [-0.2, 0) is 23.1 Å². The van der Waals surface area contributed by atoms with Crippen molar-refractivity contribution in [2.75, 3.05) is 7.05 Å². The summed E-state index contributed by atoms with van der Waals surface area (Å²) in [5, 5.41) is 3.93. The third-order valence-electron chi connectivity index (χ3n) is 2.70. The highest BCUT2D eigenvalue weighted by Gasteiger charge is 2.14. The lowest BCUT2D eigenvalue weighted by molar-refractivity contribution is 0.581. The van der Waals surface area contributed by atoms with Gasteiger partial charge in [-0.2, -0.15) is 0 Å². The Balaban J connectivity index is 2.11. The van der Waals surface area contributed by atoms with E-state index in [0.29, 0.717) is 6.54 Å². The average Bonchev–Trinajstić information content (AvgIpc) is 2.83. The number of sulfonamides is 1. The Labute approximate surface area is 123 Å². The first kappa shape index (κ1) is 15.1. The molecule has 0 aliphatic heterocycles. The van der Waals surface area contributed by atoms with E-state index in [1.807, 2.05) is 20.0 Å².